The fourth-order valence-electron chi connectivity index (χ4n) is 1.34. The molecule has 0 aromatic heterocycles. The minimum atomic E-state index is -0.608. The summed E-state index contributed by atoms with van der Waals surface area (Å²) in [6.45, 7) is 6.15. The van der Waals surface area contributed by atoms with Crippen molar-refractivity contribution in [2.75, 3.05) is 0 Å². The molecule has 0 amide bonds. The molecule has 0 fully saturated rings. The van der Waals surface area contributed by atoms with Crippen LogP contribution in [0.5, 0.6) is 0 Å². The van der Waals surface area contributed by atoms with Crippen molar-refractivity contribution in [1.82, 2.24) is 0 Å². The highest BCUT2D eigenvalue weighted by atomic mass is 35.5. The number of hydrogen-bond acceptors (Lipinski definition) is 1. The van der Waals surface area contributed by atoms with Crippen LogP contribution in [-0.4, -0.2) is 5.78 Å². The van der Waals surface area contributed by atoms with Gasteiger partial charge in [-0.15, -0.1) is 0 Å². The lowest BCUT2D eigenvalue weighted by Crippen LogP contribution is -2.10. The van der Waals surface area contributed by atoms with Crippen molar-refractivity contribution >= 4 is 17.4 Å². The molecule has 1 aromatic carbocycles. The maximum atomic E-state index is 13.5. The van der Waals surface area contributed by atoms with Crippen molar-refractivity contribution in [3.05, 3.63) is 34.6 Å². The SMILES string of the molecule is CC(C)(C)CCC(=O)c1cccc(Cl)c1F. The third kappa shape index (κ3) is 3.60. The Kier molecular flexibility index (Phi) is 4.09. The molecule has 16 heavy (non-hydrogen) atoms. The first-order valence-corrected chi connectivity index (χ1v) is 5.66. The third-order valence-corrected chi connectivity index (χ3v) is 2.65. The molecule has 1 rings (SSSR count). The quantitative estimate of drug-likeness (QED) is 0.714. The summed E-state index contributed by atoms with van der Waals surface area (Å²) in [5.41, 5.74) is 0.168. The van der Waals surface area contributed by atoms with E-state index >= 15 is 0 Å². The van der Waals surface area contributed by atoms with Crippen molar-refractivity contribution in [3.8, 4) is 0 Å². The molecule has 0 heterocycles. The minimum Gasteiger partial charge on any atom is -0.294 e. The molecule has 88 valence electrons. The van der Waals surface area contributed by atoms with Gasteiger partial charge in [-0.05, 0) is 24.0 Å². The highest BCUT2D eigenvalue weighted by Crippen LogP contribution is 2.24. The molecule has 0 saturated heterocycles. The van der Waals surface area contributed by atoms with E-state index in [-0.39, 0.29) is 21.8 Å². The summed E-state index contributed by atoms with van der Waals surface area (Å²) < 4.78 is 13.5. The second-order valence-corrected chi connectivity index (χ2v) is 5.49. The van der Waals surface area contributed by atoms with Crippen LogP contribution in [0.2, 0.25) is 5.02 Å². The first-order valence-electron chi connectivity index (χ1n) is 5.28. The minimum absolute atomic E-state index is 0.00149. The van der Waals surface area contributed by atoms with Gasteiger partial charge < -0.3 is 0 Å². The van der Waals surface area contributed by atoms with Gasteiger partial charge >= 0.3 is 0 Å². The molecule has 1 nitrogen and oxygen atoms in total. The van der Waals surface area contributed by atoms with E-state index in [1.54, 1.807) is 6.07 Å². The first-order chi connectivity index (χ1) is 7.31. The fraction of sp³-hybridized carbons (Fsp3) is 0.462. The Morgan fingerprint density at radius 1 is 1.38 bits per heavy atom. The predicted octanol–water partition coefficient (Wildman–Crippen LogP) is 4.49. The first kappa shape index (κ1) is 13.2. The lowest BCUT2D eigenvalue weighted by atomic mass is 9.88. The Morgan fingerprint density at radius 3 is 2.56 bits per heavy atom. The number of ketones is 1. The molecule has 0 aliphatic heterocycles. The Balaban J connectivity index is 2.78. The zero-order valence-electron chi connectivity index (χ0n) is 9.81. The highest BCUT2D eigenvalue weighted by Gasteiger charge is 2.17. The molecule has 0 unspecified atom stereocenters. The van der Waals surface area contributed by atoms with E-state index in [1.165, 1.54) is 12.1 Å². The summed E-state index contributed by atoms with van der Waals surface area (Å²) in [4.78, 5) is 11.8. The van der Waals surface area contributed by atoms with Crippen LogP contribution in [0.4, 0.5) is 4.39 Å². The van der Waals surface area contributed by atoms with E-state index in [2.05, 4.69) is 20.8 Å². The van der Waals surface area contributed by atoms with Crippen molar-refractivity contribution in [2.24, 2.45) is 5.41 Å². The van der Waals surface area contributed by atoms with Crippen molar-refractivity contribution < 1.29 is 9.18 Å². The third-order valence-electron chi connectivity index (χ3n) is 2.35. The Morgan fingerprint density at radius 2 is 2.00 bits per heavy atom. The van der Waals surface area contributed by atoms with E-state index in [1.807, 2.05) is 0 Å². The smallest absolute Gasteiger partial charge is 0.165 e. The number of Topliss-reactive ketones (excluding diaryl/α,β-unsaturated/α-hetero) is 1. The number of rotatable bonds is 3. The fourth-order valence-corrected chi connectivity index (χ4v) is 1.52. The van der Waals surface area contributed by atoms with E-state index in [9.17, 15) is 9.18 Å². The van der Waals surface area contributed by atoms with Crippen LogP contribution in [0.3, 0.4) is 0 Å². The van der Waals surface area contributed by atoms with Crippen molar-refractivity contribution in [2.45, 2.75) is 33.6 Å². The van der Waals surface area contributed by atoms with Crippen LogP contribution in [-0.2, 0) is 0 Å². The normalized spacial score (nSPS) is 11.6. The molecule has 3 heteroatoms. The molecular weight excluding hydrogens is 227 g/mol. The zero-order valence-corrected chi connectivity index (χ0v) is 10.6. The van der Waals surface area contributed by atoms with Gasteiger partial charge in [0, 0.05) is 6.42 Å². The maximum absolute atomic E-state index is 13.5. The summed E-state index contributed by atoms with van der Waals surface area (Å²) >= 11 is 5.62. The molecule has 0 saturated carbocycles. The molecule has 0 bridgehead atoms. The van der Waals surface area contributed by atoms with Crippen molar-refractivity contribution in [1.29, 1.82) is 0 Å². The summed E-state index contributed by atoms with van der Waals surface area (Å²) in [7, 11) is 0. The molecule has 0 atom stereocenters. The van der Waals surface area contributed by atoms with E-state index in [0.717, 1.165) is 6.42 Å². The van der Waals surface area contributed by atoms with Crippen LogP contribution >= 0.6 is 11.6 Å². The number of carbonyl (C=O) groups is 1. The van der Waals surface area contributed by atoms with Crippen molar-refractivity contribution in [3.63, 3.8) is 0 Å². The van der Waals surface area contributed by atoms with E-state index < -0.39 is 5.82 Å². The molecule has 0 radical (unpaired) electrons. The number of carbonyl (C=O) groups excluding carboxylic acids is 1. The topological polar surface area (TPSA) is 17.1 Å². The van der Waals surface area contributed by atoms with Gasteiger partial charge in [-0.2, -0.15) is 0 Å². The Hall–Kier alpha value is -0.890. The van der Waals surface area contributed by atoms with Crippen LogP contribution in [0.25, 0.3) is 0 Å². The van der Waals surface area contributed by atoms with Gasteiger partial charge in [0.05, 0.1) is 10.6 Å². The molecule has 0 aliphatic rings. The van der Waals surface area contributed by atoms with Gasteiger partial charge in [0.25, 0.3) is 0 Å². The lowest BCUT2D eigenvalue weighted by Gasteiger charge is -2.17. The highest BCUT2D eigenvalue weighted by molar-refractivity contribution is 6.31. The van der Waals surface area contributed by atoms with Crippen LogP contribution < -0.4 is 0 Å². The molecule has 1 aromatic rings. The maximum Gasteiger partial charge on any atom is 0.165 e. The summed E-state index contributed by atoms with van der Waals surface area (Å²) in [5, 5.41) is 0.00149. The van der Waals surface area contributed by atoms with E-state index in [0.29, 0.717) is 6.42 Å². The summed E-state index contributed by atoms with van der Waals surface area (Å²) in [6.07, 6.45) is 1.08. The Bertz CT molecular complexity index is 393. The molecule has 0 aliphatic carbocycles. The Labute approximate surface area is 101 Å². The summed E-state index contributed by atoms with van der Waals surface area (Å²) in [5.74, 6) is -0.794. The molecule has 0 spiro atoms. The monoisotopic (exact) mass is 242 g/mol. The van der Waals surface area contributed by atoms with Gasteiger partial charge in [0.2, 0.25) is 0 Å². The predicted molar refractivity (Wildman–Crippen MR) is 64.4 cm³/mol. The standard InChI is InChI=1S/C13H16ClFO/c1-13(2,3)8-7-11(16)9-5-4-6-10(14)12(9)15/h4-6H,7-8H2,1-3H3. The van der Waals surface area contributed by atoms with E-state index in [4.69, 9.17) is 11.6 Å². The van der Waals surface area contributed by atoms with Gasteiger partial charge in [-0.1, -0.05) is 38.4 Å². The molecule has 0 N–H and O–H groups in total. The van der Waals surface area contributed by atoms with Gasteiger partial charge in [0.15, 0.2) is 11.6 Å². The van der Waals surface area contributed by atoms with Crippen LogP contribution in [0.1, 0.15) is 44.0 Å². The lowest BCUT2D eigenvalue weighted by molar-refractivity contribution is 0.0962. The number of benzene rings is 1. The molecular formula is C13H16ClFO. The average Bonchev–Trinajstić information content (AvgIpc) is 2.17. The second-order valence-electron chi connectivity index (χ2n) is 5.09. The van der Waals surface area contributed by atoms with Crippen LogP contribution in [0.15, 0.2) is 18.2 Å². The zero-order chi connectivity index (χ0) is 12.3. The van der Waals surface area contributed by atoms with Gasteiger partial charge in [-0.25, -0.2) is 4.39 Å². The number of hydrogen-bond donors (Lipinski definition) is 0. The summed E-state index contributed by atoms with van der Waals surface area (Å²) in [6, 6.07) is 4.51. The van der Waals surface area contributed by atoms with Crippen LogP contribution in [0, 0.1) is 11.2 Å². The van der Waals surface area contributed by atoms with Gasteiger partial charge in [-0.3, -0.25) is 4.79 Å². The second kappa shape index (κ2) is 4.96. The number of halogens is 2. The van der Waals surface area contributed by atoms with Gasteiger partial charge in [0.1, 0.15) is 0 Å². The average molecular weight is 243 g/mol. The largest absolute Gasteiger partial charge is 0.294 e.